The second-order valence-corrected chi connectivity index (χ2v) is 6.33. The van der Waals surface area contributed by atoms with Crippen LogP contribution in [0.2, 0.25) is 0 Å². The molecule has 0 radical (unpaired) electrons. The quantitative estimate of drug-likeness (QED) is 0.897. The lowest BCUT2D eigenvalue weighted by Crippen LogP contribution is -2.46. The van der Waals surface area contributed by atoms with Gasteiger partial charge in [0.25, 0.3) is 0 Å². The molecule has 2 aliphatic rings. The predicted molar refractivity (Wildman–Crippen MR) is 78.7 cm³/mol. The average molecular weight is 287 g/mol. The minimum atomic E-state index is -0.849. The molecule has 1 amide bonds. The highest BCUT2D eigenvalue weighted by Gasteiger charge is 2.42. The van der Waals surface area contributed by atoms with Crippen molar-refractivity contribution < 1.29 is 14.7 Å². The number of carbonyl (C=O) groups is 2. The summed E-state index contributed by atoms with van der Waals surface area (Å²) in [6.07, 6.45) is 3.40. The standard InChI is InChI=1S/C17H21NO3/c1-10-6-7-11-4-2-3-5-12(11)15(10)18-16(19)13-8-9-14(13)17(20)21/h2-5,10,13-15H,6-9H2,1H3,(H,18,19)(H,20,21). The molecule has 4 nitrogen and oxygen atoms in total. The molecule has 0 aromatic heterocycles. The zero-order chi connectivity index (χ0) is 15.0. The molecule has 21 heavy (non-hydrogen) atoms. The Bertz CT molecular complexity index is 569. The molecule has 112 valence electrons. The lowest BCUT2D eigenvalue weighted by molar-refractivity contribution is -0.153. The highest BCUT2D eigenvalue weighted by molar-refractivity contribution is 5.86. The molecule has 3 rings (SSSR count). The largest absolute Gasteiger partial charge is 0.481 e. The second kappa shape index (κ2) is 5.51. The summed E-state index contributed by atoms with van der Waals surface area (Å²) >= 11 is 0. The van der Waals surface area contributed by atoms with Gasteiger partial charge < -0.3 is 10.4 Å². The number of carboxylic acids is 1. The Morgan fingerprint density at radius 1 is 1.14 bits per heavy atom. The minimum absolute atomic E-state index is 0.0116. The van der Waals surface area contributed by atoms with Gasteiger partial charge in [-0.05, 0) is 42.7 Å². The number of carbonyl (C=O) groups excluding carboxylic acids is 1. The number of benzene rings is 1. The number of aryl methyl sites for hydroxylation is 1. The van der Waals surface area contributed by atoms with Crippen molar-refractivity contribution in [3.8, 4) is 0 Å². The molecule has 1 aromatic carbocycles. The zero-order valence-corrected chi connectivity index (χ0v) is 12.2. The van der Waals surface area contributed by atoms with Crippen LogP contribution in [-0.4, -0.2) is 17.0 Å². The number of aliphatic carboxylic acids is 1. The second-order valence-electron chi connectivity index (χ2n) is 6.33. The Morgan fingerprint density at radius 2 is 1.86 bits per heavy atom. The normalized spacial score (nSPS) is 30.9. The highest BCUT2D eigenvalue weighted by Crippen LogP contribution is 2.38. The number of amides is 1. The van der Waals surface area contributed by atoms with E-state index in [4.69, 9.17) is 5.11 Å². The molecule has 0 heterocycles. The van der Waals surface area contributed by atoms with E-state index >= 15 is 0 Å². The summed E-state index contributed by atoms with van der Waals surface area (Å²) < 4.78 is 0. The minimum Gasteiger partial charge on any atom is -0.481 e. The van der Waals surface area contributed by atoms with E-state index in [0.29, 0.717) is 18.8 Å². The molecule has 0 spiro atoms. The fraction of sp³-hybridized carbons (Fsp3) is 0.529. The summed E-state index contributed by atoms with van der Waals surface area (Å²) in [5, 5.41) is 12.2. The third-order valence-electron chi connectivity index (χ3n) is 5.05. The monoisotopic (exact) mass is 287 g/mol. The molecule has 4 unspecified atom stereocenters. The lowest BCUT2D eigenvalue weighted by atomic mass is 9.72. The van der Waals surface area contributed by atoms with Crippen molar-refractivity contribution >= 4 is 11.9 Å². The molecule has 2 N–H and O–H groups in total. The molecule has 0 bridgehead atoms. The number of rotatable bonds is 3. The molecule has 1 fully saturated rings. The topological polar surface area (TPSA) is 66.4 Å². The fourth-order valence-corrected chi connectivity index (χ4v) is 3.51. The molecule has 1 aromatic rings. The number of carboxylic acid groups (broad SMARTS) is 1. The van der Waals surface area contributed by atoms with Crippen molar-refractivity contribution in [3.05, 3.63) is 35.4 Å². The third kappa shape index (κ3) is 2.55. The van der Waals surface area contributed by atoms with Gasteiger partial charge in [-0.25, -0.2) is 0 Å². The van der Waals surface area contributed by atoms with Crippen LogP contribution in [0.4, 0.5) is 0 Å². The maximum absolute atomic E-state index is 12.4. The number of hydrogen-bond acceptors (Lipinski definition) is 2. The van der Waals surface area contributed by atoms with Crippen molar-refractivity contribution in [3.63, 3.8) is 0 Å². The summed E-state index contributed by atoms with van der Waals surface area (Å²) in [7, 11) is 0. The van der Waals surface area contributed by atoms with E-state index in [1.54, 1.807) is 0 Å². The van der Waals surface area contributed by atoms with Gasteiger partial charge in [-0.2, -0.15) is 0 Å². The molecule has 1 saturated carbocycles. The van der Waals surface area contributed by atoms with E-state index in [9.17, 15) is 9.59 Å². The molecule has 0 saturated heterocycles. The maximum Gasteiger partial charge on any atom is 0.307 e. The van der Waals surface area contributed by atoms with E-state index in [1.165, 1.54) is 11.1 Å². The van der Waals surface area contributed by atoms with E-state index in [2.05, 4.69) is 24.4 Å². The summed E-state index contributed by atoms with van der Waals surface area (Å²) in [4.78, 5) is 23.5. The van der Waals surface area contributed by atoms with Gasteiger partial charge in [0.1, 0.15) is 0 Å². The van der Waals surface area contributed by atoms with Crippen molar-refractivity contribution in [1.82, 2.24) is 5.32 Å². The van der Waals surface area contributed by atoms with Crippen LogP contribution in [0.25, 0.3) is 0 Å². The first-order chi connectivity index (χ1) is 10.1. The Labute approximate surface area is 124 Å². The van der Waals surface area contributed by atoms with Crippen molar-refractivity contribution in [1.29, 1.82) is 0 Å². The zero-order valence-electron chi connectivity index (χ0n) is 12.2. The van der Waals surface area contributed by atoms with Crippen LogP contribution in [0.3, 0.4) is 0 Å². The number of fused-ring (bicyclic) bond motifs is 1. The Hall–Kier alpha value is -1.84. The first kappa shape index (κ1) is 14.1. The lowest BCUT2D eigenvalue weighted by Gasteiger charge is -2.37. The van der Waals surface area contributed by atoms with Gasteiger partial charge >= 0.3 is 5.97 Å². The van der Waals surface area contributed by atoms with Crippen LogP contribution in [0.5, 0.6) is 0 Å². The summed E-state index contributed by atoms with van der Waals surface area (Å²) in [5.41, 5.74) is 2.49. The molecule has 0 aliphatic heterocycles. The summed E-state index contributed by atoms with van der Waals surface area (Å²) in [6, 6.07) is 8.23. The van der Waals surface area contributed by atoms with Crippen molar-refractivity contribution in [2.75, 3.05) is 0 Å². The van der Waals surface area contributed by atoms with Gasteiger partial charge in [0.15, 0.2) is 0 Å². The van der Waals surface area contributed by atoms with Gasteiger partial charge in [0.05, 0.1) is 17.9 Å². The Morgan fingerprint density at radius 3 is 2.52 bits per heavy atom. The molecule has 2 aliphatic carbocycles. The van der Waals surface area contributed by atoms with Crippen LogP contribution in [0.1, 0.15) is 43.4 Å². The maximum atomic E-state index is 12.4. The number of nitrogens with one attached hydrogen (secondary N) is 1. The summed E-state index contributed by atoms with van der Waals surface area (Å²) in [5.74, 6) is -1.42. The van der Waals surface area contributed by atoms with Gasteiger partial charge in [-0.15, -0.1) is 0 Å². The van der Waals surface area contributed by atoms with Crippen molar-refractivity contribution in [2.24, 2.45) is 17.8 Å². The van der Waals surface area contributed by atoms with Crippen molar-refractivity contribution in [2.45, 2.75) is 38.6 Å². The van der Waals surface area contributed by atoms with Crippen LogP contribution >= 0.6 is 0 Å². The Kier molecular flexibility index (Phi) is 3.70. The van der Waals surface area contributed by atoms with E-state index in [0.717, 1.165) is 12.8 Å². The smallest absolute Gasteiger partial charge is 0.307 e. The van der Waals surface area contributed by atoms with Gasteiger partial charge in [0.2, 0.25) is 5.91 Å². The first-order valence-electron chi connectivity index (χ1n) is 7.69. The van der Waals surface area contributed by atoms with Crippen LogP contribution in [-0.2, 0) is 16.0 Å². The van der Waals surface area contributed by atoms with E-state index < -0.39 is 11.9 Å². The number of hydrogen-bond donors (Lipinski definition) is 2. The van der Waals surface area contributed by atoms with E-state index in [1.807, 2.05) is 12.1 Å². The van der Waals surface area contributed by atoms with Gasteiger partial charge in [-0.3, -0.25) is 9.59 Å². The average Bonchev–Trinajstić information content (AvgIpc) is 2.40. The first-order valence-corrected chi connectivity index (χ1v) is 7.69. The van der Waals surface area contributed by atoms with Gasteiger partial charge in [0, 0.05) is 0 Å². The van der Waals surface area contributed by atoms with Crippen LogP contribution in [0, 0.1) is 17.8 Å². The van der Waals surface area contributed by atoms with E-state index in [-0.39, 0.29) is 17.9 Å². The molecular formula is C17H21NO3. The summed E-state index contributed by atoms with van der Waals surface area (Å²) in [6.45, 7) is 2.15. The fourth-order valence-electron chi connectivity index (χ4n) is 3.51. The van der Waals surface area contributed by atoms with Crippen LogP contribution in [0.15, 0.2) is 24.3 Å². The van der Waals surface area contributed by atoms with Gasteiger partial charge in [-0.1, -0.05) is 31.2 Å². The molecular weight excluding hydrogens is 266 g/mol. The Balaban J connectivity index is 1.75. The molecule has 4 atom stereocenters. The SMILES string of the molecule is CC1CCc2ccccc2C1NC(=O)C1CCC1C(=O)O. The van der Waals surface area contributed by atoms with Crippen LogP contribution < -0.4 is 5.32 Å². The molecule has 4 heteroatoms. The predicted octanol–water partition coefficient (Wildman–Crippen LogP) is 2.54. The highest BCUT2D eigenvalue weighted by atomic mass is 16.4. The third-order valence-corrected chi connectivity index (χ3v) is 5.05.